The molecule has 0 fully saturated rings. The second kappa shape index (κ2) is 6.18. The van der Waals surface area contributed by atoms with E-state index in [9.17, 15) is 9.90 Å². The second-order valence-electron chi connectivity index (χ2n) is 6.24. The minimum absolute atomic E-state index is 0.0772. The zero-order chi connectivity index (χ0) is 15.5. The van der Waals surface area contributed by atoms with Gasteiger partial charge in [-0.15, -0.1) is 0 Å². The van der Waals surface area contributed by atoms with Crippen LogP contribution in [0.15, 0.2) is 39.4 Å². The number of hydrogen-bond donors (Lipinski definition) is 2. The minimum atomic E-state index is -0.877. The second-order valence-corrected chi connectivity index (χ2v) is 6.24. The largest absolute Gasteiger partial charge is 0.461 e. The fraction of sp³-hybridized carbons (Fsp3) is 0.438. The monoisotopic (exact) mass is 291 g/mol. The van der Waals surface area contributed by atoms with E-state index in [1.807, 2.05) is 20.8 Å². The first-order valence-corrected chi connectivity index (χ1v) is 6.93. The van der Waals surface area contributed by atoms with Gasteiger partial charge in [-0.3, -0.25) is 4.79 Å². The van der Waals surface area contributed by atoms with Crippen molar-refractivity contribution in [1.82, 2.24) is 5.32 Å². The molecule has 0 bridgehead atoms. The lowest BCUT2D eigenvalue weighted by molar-refractivity contribution is -0.123. The number of amides is 1. The van der Waals surface area contributed by atoms with E-state index in [2.05, 4.69) is 5.32 Å². The molecule has 0 aromatic carbocycles. The van der Waals surface area contributed by atoms with Crippen molar-refractivity contribution in [2.24, 2.45) is 5.41 Å². The maximum absolute atomic E-state index is 11.7. The molecule has 0 saturated heterocycles. The topological polar surface area (TPSA) is 75.6 Å². The predicted molar refractivity (Wildman–Crippen MR) is 78.5 cm³/mol. The molecule has 2 N–H and O–H groups in total. The highest BCUT2D eigenvalue weighted by atomic mass is 16.4. The smallest absolute Gasteiger partial charge is 0.220 e. The van der Waals surface area contributed by atoms with Crippen molar-refractivity contribution in [3.63, 3.8) is 0 Å². The molecule has 2 aromatic heterocycles. The van der Waals surface area contributed by atoms with Gasteiger partial charge in [0.1, 0.15) is 11.9 Å². The molecule has 1 unspecified atom stereocenters. The van der Waals surface area contributed by atoms with Crippen molar-refractivity contribution in [2.45, 2.75) is 33.3 Å². The molecule has 1 amide bonds. The van der Waals surface area contributed by atoms with Gasteiger partial charge in [-0.05, 0) is 29.7 Å². The molecule has 0 aliphatic heterocycles. The van der Waals surface area contributed by atoms with Crippen molar-refractivity contribution >= 4 is 5.91 Å². The summed E-state index contributed by atoms with van der Waals surface area (Å²) in [7, 11) is 0. The lowest BCUT2D eigenvalue weighted by Gasteiger charge is -2.18. The lowest BCUT2D eigenvalue weighted by Crippen LogP contribution is -2.31. The van der Waals surface area contributed by atoms with Gasteiger partial charge in [0.25, 0.3) is 0 Å². The first-order chi connectivity index (χ1) is 9.85. The number of rotatable bonds is 5. The molecule has 0 saturated carbocycles. The van der Waals surface area contributed by atoms with Crippen LogP contribution in [0.3, 0.4) is 0 Å². The Morgan fingerprint density at radius 1 is 1.29 bits per heavy atom. The van der Waals surface area contributed by atoms with Crippen LogP contribution in [0.5, 0.6) is 0 Å². The summed E-state index contributed by atoms with van der Waals surface area (Å²) < 4.78 is 10.7. The molecule has 0 aliphatic carbocycles. The predicted octanol–water partition coefficient (Wildman–Crippen LogP) is 3.13. The number of aliphatic hydroxyl groups excluding tert-OH is 1. The Morgan fingerprint density at radius 3 is 2.67 bits per heavy atom. The maximum Gasteiger partial charge on any atom is 0.220 e. The van der Waals surface area contributed by atoms with E-state index in [0.717, 1.165) is 0 Å². The molecule has 21 heavy (non-hydrogen) atoms. The first-order valence-electron chi connectivity index (χ1n) is 6.93. The summed E-state index contributed by atoms with van der Waals surface area (Å²) in [6, 6.07) is 6.95. The highest BCUT2D eigenvalue weighted by molar-refractivity contribution is 5.76. The normalized spacial score (nSPS) is 13.1. The van der Waals surface area contributed by atoms with Crippen LogP contribution in [0, 0.1) is 5.41 Å². The Bertz CT molecular complexity index is 578. The highest BCUT2D eigenvalue weighted by Crippen LogP contribution is 2.25. The summed E-state index contributed by atoms with van der Waals surface area (Å²) in [5.74, 6) is 1.47. The molecule has 0 radical (unpaired) electrons. The summed E-state index contributed by atoms with van der Waals surface area (Å²) in [4.78, 5) is 11.7. The molecular weight excluding hydrogens is 270 g/mol. The van der Waals surface area contributed by atoms with Crippen LogP contribution < -0.4 is 5.32 Å². The number of carbonyl (C=O) groups is 1. The van der Waals surface area contributed by atoms with E-state index in [0.29, 0.717) is 23.7 Å². The Kier molecular flexibility index (Phi) is 4.53. The van der Waals surface area contributed by atoms with E-state index in [-0.39, 0.29) is 17.9 Å². The van der Waals surface area contributed by atoms with E-state index < -0.39 is 6.10 Å². The maximum atomic E-state index is 11.7. The number of furan rings is 2. The Morgan fingerprint density at radius 2 is 2.05 bits per heavy atom. The summed E-state index contributed by atoms with van der Waals surface area (Å²) in [6.07, 6.45) is 1.09. The van der Waals surface area contributed by atoms with Crippen molar-refractivity contribution in [1.29, 1.82) is 0 Å². The molecule has 2 rings (SSSR count). The molecule has 2 heterocycles. The van der Waals surface area contributed by atoms with Gasteiger partial charge < -0.3 is 19.3 Å². The van der Waals surface area contributed by atoms with Crippen molar-refractivity contribution < 1.29 is 18.7 Å². The molecule has 0 aliphatic rings. The number of aliphatic hydroxyl groups is 1. The van der Waals surface area contributed by atoms with Gasteiger partial charge >= 0.3 is 0 Å². The standard InChI is InChI=1S/C16H21NO4/c1-16(2,3)9-15(19)17-10-11(18)12-6-7-14(21-12)13-5-4-8-20-13/h4-8,11,18H,9-10H2,1-3H3,(H,17,19). The van der Waals surface area contributed by atoms with E-state index in [1.165, 1.54) is 0 Å². The quantitative estimate of drug-likeness (QED) is 0.887. The molecule has 114 valence electrons. The van der Waals surface area contributed by atoms with Crippen LogP contribution in [0.1, 0.15) is 39.1 Å². The average Bonchev–Trinajstić information content (AvgIpc) is 3.03. The molecule has 1 atom stereocenters. The van der Waals surface area contributed by atoms with Crippen LogP contribution in [0.2, 0.25) is 0 Å². The summed E-state index contributed by atoms with van der Waals surface area (Å²) in [5, 5.41) is 12.7. The summed E-state index contributed by atoms with van der Waals surface area (Å²) >= 11 is 0. The third-order valence-electron chi connectivity index (χ3n) is 2.90. The lowest BCUT2D eigenvalue weighted by atomic mass is 9.92. The van der Waals surface area contributed by atoms with Crippen LogP contribution in [-0.2, 0) is 4.79 Å². The zero-order valence-corrected chi connectivity index (χ0v) is 12.6. The number of carbonyl (C=O) groups excluding carboxylic acids is 1. The fourth-order valence-corrected chi connectivity index (χ4v) is 1.94. The average molecular weight is 291 g/mol. The SMILES string of the molecule is CC(C)(C)CC(=O)NCC(O)c1ccc(-c2ccco2)o1. The van der Waals surface area contributed by atoms with Crippen molar-refractivity contribution in [2.75, 3.05) is 6.54 Å². The molecule has 2 aromatic rings. The van der Waals surface area contributed by atoms with Gasteiger partial charge in [-0.25, -0.2) is 0 Å². The zero-order valence-electron chi connectivity index (χ0n) is 12.6. The van der Waals surface area contributed by atoms with Crippen LogP contribution in [0.4, 0.5) is 0 Å². The molecule has 0 spiro atoms. The number of hydrogen-bond acceptors (Lipinski definition) is 4. The highest BCUT2D eigenvalue weighted by Gasteiger charge is 2.18. The Hall–Kier alpha value is -2.01. The molecule has 5 heteroatoms. The van der Waals surface area contributed by atoms with Gasteiger partial charge in [0.05, 0.1) is 12.8 Å². The Labute approximate surface area is 124 Å². The summed E-state index contributed by atoms with van der Waals surface area (Å²) in [5.41, 5.74) is -0.0772. The fourth-order valence-electron chi connectivity index (χ4n) is 1.94. The molecular formula is C16H21NO4. The Balaban J connectivity index is 1.89. The van der Waals surface area contributed by atoms with E-state index >= 15 is 0 Å². The van der Waals surface area contributed by atoms with Crippen LogP contribution in [0.25, 0.3) is 11.5 Å². The third-order valence-corrected chi connectivity index (χ3v) is 2.90. The van der Waals surface area contributed by atoms with Crippen LogP contribution >= 0.6 is 0 Å². The first kappa shape index (κ1) is 15.4. The van der Waals surface area contributed by atoms with Crippen molar-refractivity contribution in [3.8, 4) is 11.5 Å². The third kappa shape index (κ3) is 4.49. The van der Waals surface area contributed by atoms with Gasteiger partial charge in [-0.2, -0.15) is 0 Å². The van der Waals surface area contributed by atoms with E-state index in [4.69, 9.17) is 8.83 Å². The van der Waals surface area contributed by atoms with Gasteiger partial charge in [0.2, 0.25) is 5.91 Å². The van der Waals surface area contributed by atoms with Crippen molar-refractivity contribution in [3.05, 3.63) is 36.3 Å². The molecule has 5 nitrogen and oxygen atoms in total. The van der Waals surface area contributed by atoms with Crippen LogP contribution in [-0.4, -0.2) is 17.6 Å². The number of nitrogens with one attached hydrogen (secondary N) is 1. The van der Waals surface area contributed by atoms with Gasteiger partial charge in [0, 0.05) is 6.42 Å². The minimum Gasteiger partial charge on any atom is -0.461 e. The van der Waals surface area contributed by atoms with Gasteiger partial charge in [0.15, 0.2) is 11.5 Å². The van der Waals surface area contributed by atoms with Gasteiger partial charge in [-0.1, -0.05) is 20.8 Å². The van der Waals surface area contributed by atoms with E-state index in [1.54, 1.807) is 30.5 Å². The summed E-state index contributed by atoms with van der Waals surface area (Å²) in [6.45, 7) is 6.10.